The van der Waals surface area contributed by atoms with Crippen LogP contribution in [0.5, 0.6) is 0 Å². The molecular formula is C18H16ClN3O2S. The highest BCUT2D eigenvalue weighted by Gasteiger charge is 2.13. The van der Waals surface area contributed by atoms with Crippen LogP contribution in [0.25, 0.3) is 22.6 Å². The molecule has 0 spiro atoms. The Bertz CT molecular complexity index is 906. The maximum Gasteiger partial charge on any atom is 0.228 e. The molecule has 1 amide bonds. The van der Waals surface area contributed by atoms with Gasteiger partial charge in [-0.25, -0.2) is 4.98 Å². The molecule has 128 valence electrons. The SMILES string of the molecule is CCCC(=O)NC(=S)Nc1ccc(Cl)c(-c2nc3ccccc3o2)c1. The van der Waals surface area contributed by atoms with E-state index in [1.807, 2.05) is 31.2 Å². The number of rotatable bonds is 4. The fourth-order valence-electron chi connectivity index (χ4n) is 2.33. The van der Waals surface area contributed by atoms with E-state index in [0.29, 0.717) is 34.2 Å². The molecule has 25 heavy (non-hydrogen) atoms. The lowest BCUT2D eigenvalue weighted by atomic mass is 10.2. The Hall–Kier alpha value is -2.44. The summed E-state index contributed by atoms with van der Waals surface area (Å²) in [7, 11) is 0. The van der Waals surface area contributed by atoms with Gasteiger partial charge in [0.05, 0.1) is 10.6 Å². The van der Waals surface area contributed by atoms with Crippen molar-refractivity contribution in [3.05, 3.63) is 47.5 Å². The average molecular weight is 374 g/mol. The fourth-order valence-corrected chi connectivity index (χ4v) is 2.76. The van der Waals surface area contributed by atoms with E-state index in [-0.39, 0.29) is 11.0 Å². The Morgan fingerprint density at radius 1 is 1.28 bits per heavy atom. The van der Waals surface area contributed by atoms with E-state index in [0.717, 1.165) is 11.9 Å². The standard InChI is InChI=1S/C18H16ClN3O2S/c1-2-5-16(23)22-18(25)20-11-8-9-13(19)12(10-11)17-21-14-6-3-4-7-15(14)24-17/h3-4,6-10H,2,5H2,1H3,(H2,20,22,23,25). The minimum Gasteiger partial charge on any atom is -0.436 e. The third-order valence-corrected chi connectivity index (χ3v) is 4.01. The van der Waals surface area contributed by atoms with Crippen molar-refractivity contribution in [2.24, 2.45) is 0 Å². The summed E-state index contributed by atoms with van der Waals surface area (Å²) in [6, 6.07) is 12.8. The number of oxazole rings is 1. The van der Waals surface area contributed by atoms with Crippen LogP contribution in [0.2, 0.25) is 5.02 Å². The number of benzene rings is 2. The van der Waals surface area contributed by atoms with Crippen molar-refractivity contribution >= 4 is 51.6 Å². The minimum atomic E-state index is -0.117. The average Bonchev–Trinajstić information content (AvgIpc) is 3.00. The van der Waals surface area contributed by atoms with E-state index in [9.17, 15) is 4.79 Å². The maximum atomic E-state index is 11.6. The molecule has 0 saturated carbocycles. The zero-order valence-corrected chi connectivity index (χ0v) is 15.1. The molecule has 2 N–H and O–H groups in total. The molecule has 0 aliphatic heterocycles. The van der Waals surface area contributed by atoms with Gasteiger partial charge in [0.25, 0.3) is 0 Å². The summed E-state index contributed by atoms with van der Waals surface area (Å²) in [5.41, 5.74) is 2.78. The Labute approximate surface area is 155 Å². The molecule has 5 nitrogen and oxygen atoms in total. The third-order valence-electron chi connectivity index (χ3n) is 3.48. The van der Waals surface area contributed by atoms with Crippen LogP contribution in [-0.2, 0) is 4.79 Å². The number of anilines is 1. The predicted octanol–water partition coefficient (Wildman–Crippen LogP) is 4.76. The van der Waals surface area contributed by atoms with Crippen molar-refractivity contribution < 1.29 is 9.21 Å². The number of nitrogens with one attached hydrogen (secondary N) is 2. The van der Waals surface area contributed by atoms with Crippen LogP contribution in [-0.4, -0.2) is 16.0 Å². The summed E-state index contributed by atoms with van der Waals surface area (Å²) < 4.78 is 5.77. The van der Waals surface area contributed by atoms with Gasteiger partial charge in [-0.1, -0.05) is 30.7 Å². The van der Waals surface area contributed by atoms with Crippen molar-refractivity contribution in [2.45, 2.75) is 19.8 Å². The highest BCUT2D eigenvalue weighted by Crippen LogP contribution is 2.32. The Kier molecular flexibility index (Phi) is 5.31. The normalized spacial score (nSPS) is 10.6. The number of thiocarbonyl (C=S) groups is 1. The summed E-state index contributed by atoms with van der Waals surface area (Å²) in [6.45, 7) is 1.93. The number of para-hydroxylation sites is 2. The number of carbonyl (C=O) groups excluding carboxylic acids is 1. The molecule has 0 atom stereocenters. The molecule has 7 heteroatoms. The number of hydrogen-bond acceptors (Lipinski definition) is 4. The van der Waals surface area contributed by atoms with Crippen molar-refractivity contribution in [3.8, 4) is 11.5 Å². The van der Waals surface area contributed by atoms with Gasteiger partial charge < -0.3 is 15.1 Å². The topological polar surface area (TPSA) is 67.2 Å². The number of aromatic nitrogens is 1. The van der Waals surface area contributed by atoms with Gasteiger partial charge in [-0.2, -0.15) is 0 Å². The summed E-state index contributed by atoms with van der Waals surface area (Å²) in [4.78, 5) is 16.1. The Balaban J connectivity index is 1.83. The van der Waals surface area contributed by atoms with E-state index in [4.69, 9.17) is 28.2 Å². The predicted molar refractivity (Wildman–Crippen MR) is 104 cm³/mol. The first-order valence-electron chi connectivity index (χ1n) is 7.83. The van der Waals surface area contributed by atoms with Crippen LogP contribution < -0.4 is 10.6 Å². The second-order valence-electron chi connectivity index (χ2n) is 5.43. The lowest BCUT2D eigenvalue weighted by molar-refractivity contribution is -0.119. The first-order valence-corrected chi connectivity index (χ1v) is 8.61. The van der Waals surface area contributed by atoms with E-state index in [2.05, 4.69) is 15.6 Å². The van der Waals surface area contributed by atoms with Gasteiger partial charge >= 0.3 is 0 Å². The van der Waals surface area contributed by atoms with Gasteiger partial charge in [0, 0.05) is 12.1 Å². The monoisotopic (exact) mass is 373 g/mol. The zero-order valence-electron chi connectivity index (χ0n) is 13.5. The summed E-state index contributed by atoms with van der Waals surface area (Å²) in [5.74, 6) is 0.309. The van der Waals surface area contributed by atoms with Crippen LogP contribution in [0.3, 0.4) is 0 Å². The molecule has 3 rings (SSSR count). The van der Waals surface area contributed by atoms with Crippen molar-refractivity contribution in [2.75, 3.05) is 5.32 Å². The molecule has 0 unspecified atom stereocenters. The summed E-state index contributed by atoms with van der Waals surface area (Å²) in [5, 5.41) is 6.36. The number of hydrogen-bond donors (Lipinski definition) is 2. The van der Waals surface area contributed by atoms with Gasteiger partial charge in [0.15, 0.2) is 10.7 Å². The number of halogens is 1. The second kappa shape index (κ2) is 7.63. The lowest BCUT2D eigenvalue weighted by Crippen LogP contribution is -2.33. The Morgan fingerprint density at radius 3 is 2.84 bits per heavy atom. The molecule has 3 aromatic rings. The van der Waals surface area contributed by atoms with Gasteiger partial charge in [-0.3, -0.25) is 4.79 Å². The van der Waals surface area contributed by atoms with Gasteiger partial charge in [-0.15, -0.1) is 0 Å². The van der Waals surface area contributed by atoms with Crippen LogP contribution in [0.15, 0.2) is 46.9 Å². The Morgan fingerprint density at radius 2 is 2.08 bits per heavy atom. The van der Waals surface area contributed by atoms with Gasteiger partial charge in [-0.05, 0) is 49.0 Å². The van der Waals surface area contributed by atoms with Crippen molar-refractivity contribution in [3.63, 3.8) is 0 Å². The number of amides is 1. The fraction of sp³-hybridized carbons (Fsp3) is 0.167. The first kappa shape index (κ1) is 17.4. The minimum absolute atomic E-state index is 0.117. The van der Waals surface area contributed by atoms with Crippen molar-refractivity contribution in [1.82, 2.24) is 10.3 Å². The van der Waals surface area contributed by atoms with E-state index >= 15 is 0 Å². The maximum absolute atomic E-state index is 11.6. The van der Waals surface area contributed by atoms with Gasteiger partial charge in [0.1, 0.15) is 5.52 Å². The summed E-state index contributed by atoms with van der Waals surface area (Å²) >= 11 is 11.4. The molecule has 1 heterocycles. The molecule has 1 aromatic heterocycles. The van der Waals surface area contributed by atoms with E-state index < -0.39 is 0 Å². The second-order valence-corrected chi connectivity index (χ2v) is 6.25. The summed E-state index contributed by atoms with van der Waals surface area (Å²) in [6.07, 6.45) is 1.19. The molecular weight excluding hydrogens is 358 g/mol. The molecule has 0 aliphatic carbocycles. The molecule has 0 radical (unpaired) electrons. The van der Waals surface area contributed by atoms with Crippen LogP contribution in [0.4, 0.5) is 5.69 Å². The molecule has 0 fully saturated rings. The van der Waals surface area contributed by atoms with Crippen LogP contribution in [0, 0.1) is 0 Å². The lowest BCUT2D eigenvalue weighted by Gasteiger charge is -2.10. The zero-order chi connectivity index (χ0) is 17.8. The molecule has 0 saturated heterocycles. The quantitative estimate of drug-likeness (QED) is 0.645. The largest absolute Gasteiger partial charge is 0.436 e. The molecule has 2 aromatic carbocycles. The van der Waals surface area contributed by atoms with Gasteiger partial charge in [0.2, 0.25) is 11.8 Å². The number of carbonyl (C=O) groups is 1. The highest BCUT2D eigenvalue weighted by molar-refractivity contribution is 7.80. The highest BCUT2D eigenvalue weighted by atomic mass is 35.5. The van der Waals surface area contributed by atoms with Crippen molar-refractivity contribution in [1.29, 1.82) is 0 Å². The smallest absolute Gasteiger partial charge is 0.228 e. The van der Waals surface area contributed by atoms with Crippen LogP contribution in [0.1, 0.15) is 19.8 Å². The third kappa shape index (κ3) is 4.15. The number of nitrogens with zero attached hydrogens (tertiary/aromatic N) is 1. The molecule has 0 aliphatic rings. The van der Waals surface area contributed by atoms with Crippen LogP contribution >= 0.6 is 23.8 Å². The van der Waals surface area contributed by atoms with E-state index in [1.165, 1.54) is 0 Å². The molecule has 0 bridgehead atoms. The first-order chi connectivity index (χ1) is 12.1. The number of fused-ring (bicyclic) bond motifs is 1. The van der Waals surface area contributed by atoms with E-state index in [1.54, 1.807) is 18.2 Å².